The van der Waals surface area contributed by atoms with Crippen LogP contribution in [-0.2, 0) is 5.88 Å². The van der Waals surface area contributed by atoms with Gasteiger partial charge in [-0.25, -0.2) is 4.98 Å². The minimum absolute atomic E-state index is 0.507. The molecule has 0 radical (unpaired) electrons. The van der Waals surface area contributed by atoms with Crippen molar-refractivity contribution in [3.63, 3.8) is 0 Å². The van der Waals surface area contributed by atoms with Crippen LogP contribution in [0.2, 0.25) is 0 Å². The number of halogens is 1. The second-order valence-electron chi connectivity index (χ2n) is 3.65. The molecule has 0 unspecified atom stereocenters. The van der Waals surface area contributed by atoms with Gasteiger partial charge in [0.2, 0.25) is 0 Å². The Morgan fingerprint density at radius 3 is 2.94 bits per heavy atom. The zero-order valence-corrected chi connectivity index (χ0v) is 11.2. The van der Waals surface area contributed by atoms with Crippen LogP contribution in [0.1, 0.15) is 26.0 Å². The lowest BCUT2D eigenvalue weighted by atomic mass is 10.3. The summed E-state index contributed by atoms with van der Waals surface area (Å²) in [6.45, 7) is 6.34. The number of hydrogen-bond acceptors (Lipinski definition) is 3. The third-order valence-corrected chi connectivity index (χ3v) is 3.65. The van der Waals surface area contributed by atoms with Gasteiger partial charge in [0.05, 0.1) is 11.6 Å². The van der Waals surface area contributed by atoms with E-state index in [0.29, 0.717) is 5.88 Å². The average molecular weight is 258 g/mol. The molecule has 2 heterocycles. The number of fused-ring (bicyclic) bond motifs is 1. The van der Waals surface area contributed by atoms with E-state index in [2.05, 4.69) is 28.1 Å². The van der Waals surface area contributed by atoms with Gasteiger partial charge in [-0.05, 0) is 13.3 Å². The molecular formula is C11H16ClN3S. The Kier molecular flexibility index (Phi) is 3.71. The SMILES string of the molecule is CCCN(CC)c1nc2sccn2c1CCl. The molecular weight excluding hydrogens is 242 g/mol. The molecule has 2 aromatic heterocycles. The van der Waals surface area contributed by atoms with E-state index in [1.165, 1.54) is 0 Å². The Balaban J connectivity index is 2.44. The van der Waals surface area contributed by atoms with Crippen molar-refractivity contribution in [1.29, 1.82) is 0 Å². The number of nitrogens with zero attached hydrogens (tertiary/aromatic N) is 3. The number of imidazole rings is 1. The first-order chi connectivity index (χ1) is 7.81. The molecule has 0 aromatic carbocycles. The van der Waals surface area contributed by atoms with Crippen molar-refractivity contribution >= 4 is 33.7 Å². The van der Waals surface area contributed by atoms with Crippen molar-refractivity contribution < 1.29 is 0 Å². The Morgan fingerprint density at radius 1 is 1.50 bits per heavy atom. The molecule has 16 heavy (non-hydrogen) atoms. The number of aromatic nitrogens is 2. The molecule has 2 aromatic rings. The fourth-order valence-corrected chi connectivity index (χ4v) is 2.86. The Labute approximate surface area is 105 Å². The standard InChI is InChI=1S/C11H16ClN3S/c1-3-5-14(4-2)10-9(8-12)15-6-7-16-11(15)13-10/h6-7H,3-5,8H2,1-2H3. The number of alkyl halides is 1. The molecule has 88 valence electrons. The first kappa shape index (κ1) is 11.7. The predicted octanol–water partition coefficient (Wildman–Crippen LogP) is 3.37. The topological polar surface area (TPSA) is 20.5 Å². The van der Waals surface area contributed by atoms with Gasteiger partial charge in [0.15, 0.2) is 10.8 Å². The summed E-state index contributed by atoms with van der Waals surface area (Å²) in [5.41, 5.74) is 1.10. The first-order valence-corrected chi connectivity index (χ1v) is 6.98. The van der Waals surface area contributed by atoms with Crippen molar-refractivity contribution in [3.8, 4) is 0 Å². The Bertz CT molecular complexity index is 463. The highest BCUT2D eigenvalue weighted by Gasteiger charge is 2.16. The van der Waals surface area contributed by atoms with Gasteiger partial charge in [-0.3, -0.25) is 4.40 Å². The van der Waals surface area contributed by atoms with E-state index >= 15 is 0 Å². The molecule has 0 fully saturated rings. The van der Waals surface area contributed by atoms with E-state index in [1.54, 1.807) is 11.3 Å². The summed E-state index contributed by atoms with van der Waals surface area (Å²) >= 11 is 7.68. The van der Waals surface area contributed by atoms with Gasteiger partial charge in [-0.1, -0.05) is 6.92 Å². The van der Waals surface area contributed by atoms with Crippen molar-refractivity contribution in [2.45, 2.75) is 26.1 Å². The minimum Gasteiger partial charge on any atom is -0.355 e. The van der Waals surface area contributed by atoms with Crippen LogP contribution in [0.4, 0.5) is 5.82 Å². The van der Waals surface area contributed by atoms with Crippen molar-refractivity contribution in [1.82, 2.24) is 9.38 Å². The maximum atomic E-state index is 6.03. The second kappa shape index (κ2) is 5.06. The van der Waals surface area contributed by atoms with Crippen molar-refractivity contribution in [2.24, 2.45) is 0 Å². The first-order valence-electron chi connectivity index (χ1n) is 5.57. The summed E-state index contributed by atoms with van der Waals surface area (Å²) in [5, 5.41) is 2.04. The molecule has 0 amide bonds. The summed E-state index contributed by atoms with van der Waals surface area (Å²) in [7, 11) is 0. The highest BCUT2D eigenvalue weighted by molar-refractivity contribution is 7.15. The normalized spacial score (nSPS) is 11.2. The van der Waals surface area contributed by atoms with Gasteiger partial charge < -0.3 is 4.90 Å². The summed E-state index contributed by atoms with van der Waals surface area (Å²) < 4.78 is 2.09. The van der Waals surface area contributed by atoms with E-state index in [0.717, 1.165) is 36.0 Å². The van der Waals surface area contributed by atoms with Crippen LogP contribution >= 0.6 is 22.9 Å². The summed E-state index contributed by atoms with van der Waals surface area (Å²) in [5.74, 6) is 1.55. The van der Waals surface area contributed by atoms with E-state index in [9.17, 15) is 0 Å². The van der Waals surface area contributed by atoms with Crippen LogP contribution in [0.3, 0.4) is 0 Å². The Hall–Kier alpha value is -0.740. The van der Waals surface area contributed by atoms with Crippen LogP contribution in [0.15, 0.2) is 11.6 Å². The van der Waals surface area contributed by atoms with Gasteiger partial charge in [0.1, 0.15) is 0 Å². The molecule has 0 saturated carbocycles. The zero-order chi connectivity index (χ0) is 11.5. The molecule has 0 spiro atoms. The van der Waals surface area contributed by atoms with E-state index in [1.807, 2.05) is 11.6 Å². The minimum atomic E-state index is 0.507. The van der Waals surface area contributed by atoms with Crippen LogP contribution in [-0.4, -0.2) is 22.5 Å². The molecule has 0 bridgehead atoms. The molecule has 3 nitrogen and oxygen atoms in total. The summed E-state index contributed by atoms with van der Waals surface area (Å²) in [6, 6.07) is 0. The molecule has 0 aliphatic rings. The van der Waals surface area contributed by atoms with Gasteiger partial charge in [-0.15, -0.1) is 22.9 Å². The average Bonchev–Trinajstić information content (AvgIpc) is 2.85. The number of anilines is 1. The fourth-order valence-electron chi connectivity index (χ4n) is 1.88. The largest absolute Gasteiger partial charge is 0.355 e. The van der Waals surface area contributed by atoms with Gasteiger partial charge in [-0.2, -0.15) is 0 Å². The van der Waals surface area contributed by atoms with E-state index in [-0.39, 0.29) is 0 Å². The smallest absolute Gasteiger partial charge is 0.195 e. The molecule has 0 saturated heterocycles. The van der Waals surface area contributed by atoms with Crippen LogP contribution in [0.25, 0.3) is 4.96 Å². The van der Waals surface area contributed by atoms with Crippen LogP contribution < -0.4 is 4.90 Å². The van der Waals surface area contributed by atoms with E-state index in [4.69, 9.17) is 11.6 Å². The third-order valence-electron chi connectivity index (χ3n) is 2.64. The molecule has 0 N–H and O–H groups in total. The second-order valence-corrected chi connectivity index (χ2v) is 4.79. The van der Waals surface area contributed by atoms with Crippen LogP contribution in [0.5, 0.6) is 0 Å². The molecule has 0 atom stereocenters. The van der Waals surface area contributed by atoms with Gasteiger partial charge >= 0.3 is 0 Å². The lowest BCUT2D eigenvalue weighted by molar-refractivity contribution is 0.777. The zero-order valence-electron chi connectivity index (χ0n) is 9.61. The highest BCUT2D eigenvalue weighted by atomic mass is 35.5. The maximum absolute atomic E-state index is 6.03. The monoisotopic (exact) mass is 257 g/mol. The highest BCUT2D eigenvalue weighted by Crippen LogP contribution is 2.26. The summed E-state index contributed by atoms with van der Waals surface area (Å²) in [4.78, 5) is 7.97. The molecule has 5 heteroatoms. The molecule has 0 aliphatic heterocycles. The van der Waals surface area contributed by atoms with Gasteiger partial charge in [0, 0.05) is 24.7 Å². The quantitative estimate of drug-likeness (QED) is 0.766. The summed E-state index contributed by atoms with van der Waals surface area (Å²) in [6.07, 6.45) is 3.16. The lowest BCUT2D eigenvalue weighted by Gasteiger charge is -2.20. The van der Waals surface area contributed by atoms with Gasteiger partial charge in [0.25, 0.3) is 0 Å². The predicted molar refractivity (Wildman–Crippen MR) is 70.8 cm³/mol. The van der Waals surface area contributed by atoms with Crippen LogP contribution in [0, 0.1) is 0 Å². The number of thiazole rings is 1. The van der Waals surface area contributed by atoms with Crippen molar-refractivity contribution in [3.05, 3.63) is 17.3 Å². The van der Waals surface area contributed by atoms with Crippen molar-refractivity contribution in [2.75, 3.05) is 18.0 Å². The molecule has 2 rings (SSSR count). The number of rotatable bonds is 5. The Morgan fingerprint density at radius 2 is 2.31 bits per heavy atom. The third kappa shape index (κ3) is 1.92. The lowest BCUT2D eigenvalue weighted by Crippen LogP contribution is -2.24. The number of hydrogen-bond donors (Lipinski definition) is 0. The molecule has 0 aliphatic carbocycles. The van der Waals surface area contributed by atoms with E-state index < -0.39 is 0 Å². The fraction of sp³-hybridized carbons (Fsp3) is 0.545. The maximum Gasteiger partial charge on any atom is 0.195 e.